The Bertz CT molecular complexity index is 592. The Morgan fingerprint density at radius 1 is 1.06 bits per heavy atom. The average molecular weight is 234 g/mol. The summed E-state index contributed by atoms with van der Waals surface area (Å²) in [5.74, 6) is 0.670. The first kappa shape index (κ1) is 11.6. The summed E-state index contributed by atoms with van der Waals surface area (Å²) in [6.45, 7) is 0. The number of anilines is 2. The standard InChI is InChI=1S/C14H10N4/c1-18(13-4-2-3-11(7-13)9-15)14-8-12(10-16)5-6-17-14/h2-8H,1H3. The zero-order valence-corrected chi connectivity index (χ0v) is 9.83. The Morgan fingerprint density at radius 3 is 2.50 bits per heavy atom. The smallest absolute Gasteiger partial charge is 0.133 e. The Morgan fingerprint density at radius 2 is 1.78 bits per heavy atom. The SMILES string of the molecule is CN(c1cccc(C#N)c1)c1cc(C#N)ccn1. The highest BCUT2D eigenvalue weighted by molar-refractivity contribution is 5.62. The number of pyridine rings is 1. The second-order valence-electron chi connectivity index (χ2n) is 3.74. The van der Waals surface area contributed by atoms with Crippen molar-refractivity contribution in [1.82, 2.24) is 4.98 Å². The van der Waals surface area contributed by atoms with E-state index in [0.717, 1.165) is 5.69 Å². The number of nitriles is 2. The molecule has 1 aromatic carbocycles. The Balaban J connectivity index is 2.38. The van der Waals surface area contributed by atoms with Crippen molar-refractivity contribution in [2.45, 2.75) is 0 Å². The van der Waals surface area contributed by atoms with Crippen LogP contribution in [0.5, 0.6) is 0 Å². The fourth-order valence-corrected chi connectivity index (χ4v) is 1.59. The van der Waals surface area contributed by atoms with Gasteiger partial charge in [-0.25, -0.2) is 4.98 Å². The van der Waals surface area contributed by atoms with Gasteiger partial charge in [-0.05, 0) is 30.3 Å². The molecule has 0 unspecified atom stereocenters. The van der Waals surface area contributed by atoms with Gasteiger partial charge in [0, 0.05) is 18.9 Å². The summed E-state index contributed by atoms with van der Waals surface area (Å²) < 4.78 is 0. The highest BCUT2D eigenvalue weighted by Crippen LogP contribution is 2.22. The monoisotopic (exact) mass is 234 g/mol. The maximum atomic E-state index is 8.87. The molecule has 0 fully saturated rings. The third-order valence-electron chi connectivity index (χ3n) is 2.58. The minimum Gasteiger partial charge on any atom is -0.329 e. The zero-order chi connectivity index (χ0) is 13.0. The van der Waals surface area contributed by atoms with Crippen molar-refractivity contribution >= 4 is 11.5 Å². The normalized spacial score (nSPS) is 9.28. The summed E-state index contributed by atoms with van der Waals surface area (Å²) in [6, 6.07) is 14.8. The van der Waals surface area contributed by atoms with Crippen LogP contribution in [0, 0.1) is 22.7 Å². The molecular weight excluding hydrogens is 224 g/mol. The molecular formula is C14H10N4. The van der Waals surface area contributed by atoms with Crippen LogP contribution in [0.3, 0.4) is 0 Å². The topological polar surface area (TPSA) is 63.7 Å². The molecule has 1 aromatic heterocycles. The van der Waals surface area contributed by atoms with Gasteiger partial charge < -0.3 is 4.90 Å². The summed E-state index contributed by atoms with van der Waals surface area (Å²) in [6.07, 6.45) is 1.60. The van der Waals surface area contributed by atoms with E-state index in [1.54, 1.807) is 30.5 Å². The van der Waals surface area contributed by atoms with Crippen LogP contribution in [-0.4, -0.2) is 12.0 Å². The molecule has 2 aromatic rings. The van der Waals surface area contributed by atoms with Gasteiger partial charge in [-0.1, -0.05) is 6.07 Å². The second kappa shape index (κ2) is 4.99. The van der Waals surface area contributed by atoms with E-state index in [0.29, 0.717) is 16.9 Å². The van der Waals surface area contributed by atoms with E-state index in [9.17, 15) is 0 Å². The van der Waals surface area contributed by atoms with Crippen LogP contribution in [0.2, 0.25) is 0 Å². The molecule has 0 atom stereocenters. The van der Waals surface area contributed by atoms with Crippen LogP contribution in [0.15, 0.2) is 42.6 Å². The van der Waals surface area contributed by atoms with E-state index in [1.807, 2.05) is 24.1 Å². The summed E-state index contributed by atoms with van der Waals surface area (Å²) >= 11 is 0. The van der Waals surface area contributed by atoms with Crippen LogP contribution in [0.4, 0.5) is 11.5 Å². The lowest BCUT2D eigenvalue weighted by Gasteiger charge is -2.18. The molecule has 18 heavy (non-hydrogen) atoms. The maximum absolute atomic E-state index is 8.87. The van der Waals surface area contributed by atoms with Crippen molar-refractivity contribution in [3.63, 3.8) is 0 Å². The number of benzene rings is 1. The summed E-state index contributed by atoms with van der Waals surface area (Å²) in [7, 11) is 1.85. The van der Waals surface area contributed by atoms with Crippen LogP contribution >= 0.6 is 0 Å². The number of hydrogen-bond donors (Lipinski definition) is 0. The lowest BCUT2D eigenvalue weighted by atomic mass is 10.2. The van der Waals surface area contributed by atoms with Gasteiger partial charge in [-0.15, -0.1) is 0 Å². The van der Waals surface area contributed by atoms with Crippen molar-refractivity contribution in [3.8, 4) is 12.1 Å². The van der Waals surface area contributed by atoms with Gasteiger partial charge in [0.25, 0.3) is 0 Å². The molecule has 0 N–H and O–H groups in total. The molecule has 86 valence electrons. The number of hydrogen-bond acceptors (Lipinski definition) is 4. The molecule has 2 rings (SSSR count). The van der Waals surface area contributed by atoms with E-state index in [4.69, 9.17) is 10.5 Å². The second-order valence-corrected chi connectivity index (χ2v) is 3.74. The zero-order valence-electron chi connectivity index (χ0n) is 9.83. The molecule has 0 radical (unpaired) electrons. The fourth-order valence-electron chi connectivity index (χ4n) is 1.59. The minimum absolute atomic E-state index is 0.559. The van der Waals surface area contributed by atoms with Crippen LogP contribution in [0.25, 0.3) is 0 Å². The van der Waals surface area contributed by atoms with Crippen LogP contribution < -0.4 is 4.90 Å². The van der Waals surface area contributed by atoms with E-state index >= 15 is 0 Å². The molecule has 4 heteroatoms. The largest absolute Gasteiger partial charge is 0.329 e. The Hall–Kier alpha value is -2.85. The fraction of sp³-hybridized carbons (Fsp3) is 0.0714. The predicted octanol–water partition coefficient (Wildman–Crippen LogP) is 2.59. The van der Waals surface area contributed by atoms with E-state index in [2.05, 4.69) is 17.1 Å². The first-order chi connectivity index (χ1) is 8.74. The highest BCUT2D eigenvalue weighted by Gasteiger charge is 2.06. The summed E-state index contributed by atoms with van der Waals surface area (Å²) in [5.41, 5.74) is 2.01. The van der Waals surface area contributed by atoms with Crippen molar-refractivity contribution in [2.75, 3.05) is 11.9 Å². The number of aromatic nitrogens is 1. The number of nitrogens with zero attached hydrogens (tertiary/aromatic N) is 4. The first-order valence-electron chi connectivity index (χ1n) is 5.34. The van der Waals surface area contributed by atoms with Gasteiger partial charge >= 0.3 is 0 Å². The minimum atomic E-state index is 0.559. The molecule has 0 aliphatic rings. The van der Waals surface area contributed by atoms with E-state index < -0.39 is 0 Å². The Labute approximate surface area is 105 Å². The van der Waals surface area contributed by atoms with Crippen LogP contribution in [-0.2, 0) is 0 Å². The van der Waals surface area contributed by atoms with Gasteiger partial charge in [-0.3, -0.25) is 0 Å². The van der Waals surface area contributed by atoms with Crippen molar-refractivity contribution in [1.29, 1.82) is 10.5 Å². The third kappa shape index (κ3) is 2.28. The van der Waals surface area contributed by atoms with E-state index in [-0.39, 0.29) is 0 Å². The third-order valence-corrected chi connectivity index (χ3v) is 2.58. The summed E-state index contributed by atoms with van der Waals surface area (Å²) in [4.78, 5) is 6.05. The predicted molar refractivity (Wildman–Crippen MR) is 68.2 cm³/mol. The molecule has 0 bridgehead atoms. The van der Waals surface area contributed by atoms with Crippen molar-refractivity contribution in [2.24, 2.45) is 0 Å². The average Bonchev–Trinajstić information content (AvgIpc) is 2.46. The van der Waals surface area contributed by atoms with Gasteiger partial charge in [0.15, 0.2) is 0 Å². The van der Waals surface area contributed by atoms with Gasteiger partial charge in [0.1, 0.15) is 5.82 Å². The molecule has 0 saturated carbocycles. The molecule has 0 amide bonds. The van der Waals surface area contributed by atoms with Crippen molar-refractivity contribution in [3.05, 3.63) is 53.7 Å². The van der Waals surface area contributed by atoms with Gasteiger partial charge in [0.2, 0.25) is 0 Å². The molecule has 0 spiro atoms. The quantitative estimate of drug-likeness (QED) is 0.801. The Kier molecular flexibility index (Phi) is 3.22. The van der Waals surface area contributed by atoms with E-state index in [1.165, 1.54) is 0 Å². The van der Waals surface area contributed by atoms with Gasteiger partial charge in [-0.2, -0.15) is 10.5 Å². The molecule has 1 heterocycles. The molecule has 0 saturated heterocycles. The lowest BCUT2D eigenvalue weighted by Crippen LogP contribution is -2.11. The summed E-state index contributed by atoms with van der Waals surface area (Å²) in [5, 5.41) is 17.7. The molecule has 0 aliphatic heterocycles. The maximum Gasteiger partial charge on any atom is 0.133 e. The highest BCUT2D eigenvalue weighted by atomic mass is 15.2. The van der Waals surface area contributed by atoms with Crippen LogP contribution in [0.1, 0.15) is 11.1 Å². The number of rotatable bonds is 2. The molecule has 4 nitrogen and oxygen atoms in total. The van der Waals surface area contributed by atoms with Gasteiger partial charge in [0.05, 0.1) is 23.3 Å². The molecule has 0 aliphatic carbocycles. The first-order valence-corrected chi connectivity index (χ1v) is 5.34. The van der Waals surface area contributed by atoms with Crippen molar-refractivity contribution < 1.29 is 0 Å². The lowest BCUT2D eigenvalue weighted by molar-refractivity contribution is 1.12.